The van der Waals surface area contributed by atoms with Crippen LogP contribution in [0.4, 0.5) is 24.5 Å². The van der Waals surface area contributed by atoms with Gasteiger partial charge < -0.3 is 14.8 Å². The van der Waals surface area contributed by atoms with E-state index in [1.807, 2.05) is 0 Å². The van der Waals surface area contributed by atoms with Crippen LogP contribution < -0.4 is 19.7 Å². The molecule has 0 radical (unpaired) electrons. The van der Waals surface area contributed by atoms with Crippen molar-refractivity contribution in [1.82, 2.24) is 0 Å². The molecule has 0 aliphatic carbocycles. The Labute approximate surface area is 203 Å². The molecule has 0 fully saturated rings. The molecule has 1 aliphatic heterocycles. The maximum atomic E-state index is 13.4. The summed E-state index contributed by atoms with van der Waals surface area (Å²) >= 11 is 1.04. The standard InChI is InChI=1S/C25H19F3N2O4S/c1-33-17-11-12-19(20(14-17)34-2)29-21-22(35-18-9-4-3-5-10-18)24(32)30(23(21)31)16-8-6-7-15(13-16)25(26,27)28/h3-14,29H,1-2H3. The number of carbonyl (C=O) groups is 2. The number of alkyl halides is 3. The van der Waals surface area contributed by atoms with E-state index in [0.717, 1.165) is 34.9 Å². The summed E-state index contributed by atoms with van der Waals surface area (Å²) in [5.74, 6) is -0.665. The second kappa shape index (κ2) is 9.75. The lowest BCUT2D eigenvalue weighted by atomic mass is 10.2. The number of nitrogens with one attached hydrogen (secondary N) is 1. The van der Waals surface area contributed by atoms with Crippen molar-refractivity contribution >= 4 is 35.0 Å². The van der Waals surface area contributed by atoms with Crippen LogP contribution in [-0.2, 0) is 15.8 Å². The van der Waals surface area contributed by atoms with Gasteiger partial charge in [-0.1, -0.05) is 36.0 Å². The molecule has 180 valence electrons. The fourth-order valence-electron chi connectivity index (χ4n) is 3.41. The molecule has 35 heavy (non-hydrogen) atoms. The minimum atomic E-state index is -4.63. The number of hydrogen-bond donors (Lipinski definition) is 1. The minimum Gasteiger partial charge on any atom is -0.497 e. The van der Waals surface area contributed by atoms with Crippen molar-refractivity contribution in [3.05, 3.63) is 89.0 Å². The molecule has 0 unspecified atom stereocenters. The summed E-state index contributed by atoms with van der Waals surface area (Å²) in [4.78, 5) is 28.3. The number of benzene rings is 3. The van der Waals surface area contributed by atoms with Gasteiger partial charge in [-0.25, -0.2) is 4.90 Å². The van der Waals surface area contributed by atoms with Crippen LogP contribution in [0.3, 0.4) is 0 Å². The summed E-state index contributed by atoms with van der Waals surface area (Å²) in [6, 6.07) is 17.8. The summed E-state index contributed by atoms with van der Waals surface area (Å²) in [5.41, 5.74) is -0.850. The highest BCUT2D eigenvalue weighted by Gasteiger charge is 2.41. The van der Waals surface area contributed by atoms with Crippen LogP contribution in [0.5, 0.6) is 11.5 Å². The average molecular weight is 500 g/mol. The third kappa shape index (κ3) is 4.97. The van der Waals surface area contributed by atoms with Crippen molar-refractivity contribution in [2.24, 2.45) is 0 Å². The van der Waals surface area contributed by atoms with E-state index in [-0.39, 0.29) is 16.3 Å². The molecule has 0 bridgehead atoms. The van der Waals surface area contributed by atoms with Gasteiger partial charge in [-0.3, -0.25) is 9.59 Å². The first-order chi connectivity index (χ1) is 16.7. The lowest BCUT2D eigenvalue weighted by molar-refractivity contribution is -0.137. The Morgan fingerprint density at radius 3 is 2.26 bits per heavy atom. The molecule has 0 aromatic heterocycles. The molecule has 3 aromatic rings. The van der Waals surface area contributed by atoms with Crippen molar-refractivity contribution in [1.29, 1.82) is 0 Å². The summed E-state index contributed by atoms with van der Waals surface area (Å²) in [6.45, 7) is 0. The zero-order valence-corrected chi connectivity index (χ0v) is 19.4. The van der Waals surface area contributed by atoms with Crippen LogP contribution in [0.2, 0.25) is 0 Å². The van der Waals surface area contributed by atoms with Crippen LogP contribution in [0.1, 0.15) is 5.56 Å². The Bertz CT molecular complexity index is 1310. The smallest absolute Gasteiger partial charge is 0.416 e. The van der Waals surface area contributed by atoms with E-state index >= 15 is 0 Å². The van der Waals surface area contributed by atoms with E-state index in [9.17, 15) is 22.8 Å². The number of imide groups is 1. The Morgan fingerprint density at radius 2 is 1.60 bits per heavy atom. The first kappa shape index (κ1) is 24.2. The first-order valence-electron chi connectivity index (χ1n) is 10.2. The molecule has 0 saturated carbocycles. The molecule has 2 amide bonds. The Morgan fingerprint density at radius 1 is 0.857 bits per heavy atom. The first-order valence-corrected chi connectivity index (χ1v) is 11.1. The van der Waals surface area contributed by atoms with Gasteiger partial charge in [0.1, 0.15) is 22.1 Å². The Hall–Kier alpha value is -3.92. The molecule has 0 saturated heterocycles. The zero-order valence-electron chi connectivity index (χ0n) is 18.6. The van der Waals surface area contributed by atoms with E-state index in [2.05, 4.69) is 5.32 Å². The molecule has 1 heterocycles. The average Bonchev–Trinajstić information content (AvgIpc) is 3.08. The number of thioether (sulfide) groups is 1. The third-order valence-corrected chi connectivity index (χ3v) is 6.20. The number of halogens is 3. The predicted molar refractivity (Wildman–Crippen MR) is 126 cm³/mol. The van der Waals surface area contributed by atoms with Crippen LogP contribution in [0.25, 0.3) is 0 Å². The van der Waals surface area contributed by atoms with Crippen LogP contribution in [-0.4, -0.2) is 26.0 Å². The normalized spacial score (nSPS) is 13.9. The largest absolute Gasteiger partial charge is 0.497 e. The van der Waals surface area contributed by atoms with Gasteiger partial charge in [0.15, 0.2) is 0 Å². The van der Waals surface area contributed by atoms with Gasteiger partial charge in [0.25, 0.3) is 11.8 Å². The fraction of sp³-hybridized carbons (Fsp3) is 0.120. The lowest BCUT2D eigenvalue weighted by Crippen LogP contribution is -2.32. The van der Waals surface area contributed by atoms with E-state index in [1.165, 1.54) is 20.3 Å². The third-order valence-electron chi connectivity index (χ3n) is 5.10. The van der Waals surface area contributed by atoms with Gasteiger partial charge in [-0.2, -0.15) is 13.2 Å². The Kier molecular flexibility index (Phi) is 6.74. The highest BCUT2D eigenvalue weighted by Crippen LogP contribution is 2.40. The molecule has 4 rings (SSSR count). The van der Waals surface area contributed by atoms with Crippen molar-refractivity contribution in [3.8, 4) is 11.5 Å². The molecule has 6 nitrogen and oxygen atoms in total. The van der Waals surface area contributed by atoms with Crippen molar-refractivity contribution in [2.75, 3.05) is 24.4 Å². The minimum absolute atomic E-state index is 0.0384. The highest BCUT2D eigenvalue weighted by atomic mass is 32.2. The van der Waals surface area contributed by atoms with Gasteiger partial charge in [-0.05, 0) is 42.5 Å². The van der Waals surface area contributed by atoms with Gasteiger partial charge in [0, 0.05) is 11.0 Å². The molecule has 0 atom stereocenters. The van der Waals surface area contributed by atoms with Gasteiger partial charge in [0.05, 0.1) is 31.2 Å². The molecule has 1 aliphatic rings. The van der Waals surface area contributed by atoms with Crippen molar-refractivity contribution < 1.29 is 32.2 Å². The fourth-order valence-corrected chi connectivity index (χ4v) is 4.36. The summed E-state index contributed by atoms with van der Waals surface area (Å²) < 4.78 is 50.4. The second-order valence-electron chi connectivity index (χ2n) is 7.30. The van der Waals surface area contributed by atoms with Gasteiger partial charge in [0.2, 0.25) is 0 Å². The number of nitrogens with zero attached hydrogens (tertiary/aromatic N) is 1. The number of carbonyl (C=O) groups excluding carboxylic acids is 2. The Balaban J connectivity index is 1.77. The molecule has 3 aromatic carbocycles. The summed E-state index contributed by atoms with van der Waals surface area (Å²) in [5, 5.41) is 2.95. The quantitative estimate of drug-likeness (QED) is 0.419. The van der Waals surface area contributed by atoms with E-state index in [4.69, 9.17) is 9.47 Å². The number of ether oxygens (including phenoxy) is 2. The predicted octanol–water partition coefficient (Wildman–Crippen LogP) is 5.71. The summed E-state index contributed by atoms with van der Waals surface area (Å²) in [6.07, 6.45) is -4.63. The van der Waals surface area contributed by atoms with E-state index in [1.54, 1.807) is 48.5 Å². The number of hydrogen-bond acceptors (Lipinski definition) is 6. The number of rotatable bonds is 7. The number of amides is 2. The molecular formula is C25H19F3N2O4S. The highest BCUT2D eigenvalue weighted by molar-refractivity contribution is 8.04. The van der Waals surface area contributed by atoms with Gasteiger partial charge >= 0.3 is 6.18 Å². The topological polar surface area (TPSA) is 67.9 Å². The van der Waals surface area contributed by atoms with Crippen molar-refractivity contribution in [2.45, 2.75) is 11.1 Å². The second-order valence-corrected chi connectivity index (χ2v) is 8.39. The maximum Gasteiger partial charge on any atom is 0.416 e. The lowest BCUT2D eigenvalue weighted by Gasteiger charge is -2.17. The van der Waals surface area contributed by atoms with Crippen LogP contribution in [0, 0.1) is 0 Å². The number of methoxy groups -OCH3 is 2. The molecular weight excluding hydrogens is 481 g/mol. The molecule has 0 spiro atoms. The maximum absolute atomic E-state index is 13.4. The van der Waals surface area contributed by atoms with Crippen LogP contribution >= 0.6 is 11.8 Å². The molecule has 10 heteroatoms. The monoisotopic (exact) mass is 500 g/mol. The van der Waals surface area contributed by atoms with Crippen molar-refractivity contribution in [3.63, 3.8) is 0 Å². The summed E-state index contributed by atoms with van der Waals surface area (Å²) in [7, 11) is 2.93. The SMILES string of the molecule is COc1ccc(NC2=C(Sc3ccccc3)C(=O)N(c3cccc(C(F)(F)F)c3)C2=O)c(OC)c1. The van der Waals surface area contributed by atoms with E-state index in [0.29, 0.717) is 22.1 Å². The van der Waals surface area contributed by atoms with Crippen LogP contribution in [0.15, 0.2) is 88.3 Å². The number of anilines is 2. The molecule has 1 N–H and O–H groups in total. The zero-order chi connectivity index (χ0) is 25.2. The van der Waals surface area contributed by atoms with E-state index < -0.39 is 23.6 Å². The van der Waals surface area contributed by atoms with Gasteiger partial charge in [-0.15, -0.1) is 0 Å².